The Bertz CT molecular complexity index is 1040. The zero-order valence-corrected chi connectivity index (χ0v) is 23.8. The molecule has 0 aromatic carbocycles. The van der Waals surface area contributed by atoms with Gasteiger partial charge in [0.25, 0.3) is 5.91 Å². The maximum absolute atomic E-state index is 12.4. The smallest absolute Gasteiger partial charge is 0.320 e. The van der Waals surface area contributed by atoms with Crippen LogP contribution < -0.4 is 11.1 Å². The number of hydrogen-bond donors (Lipinski definition) is 5. The molecule has 2 rings (SSSR count). The van der Waals surface area contributed by atoms with Gasteiger partial charge in [-0.25, -0.2) is 4.79 Å². The normalized spacial score (nSPS) is 28.8. The van der Waals surface area contributed by atoms with E-state index >= 15 is 0 Å². The summed E-state index contributed by atoms with van der Waals surface area (Å²) >= 11 is 0. The molecule has 6 unspecified atom stereocenters. The van der Waals surface area contributed by atoms with Gasteiger partial charge in [0.2, 0.25) is 5.91 Å². The van der Waals surface area contributed by atoms with Crippen molar-refractivity contribution >= 4 is 24.1 Å². The SMILES string of the molecule is CC=C(C)C(=O)NC(=O)CC1(CC)CC(O)C(COC=C(C=O)OC2CC(N(C=C(C)CO)C(N)=O)OC2CO)O1. The summed E-state index contributed by atoms with van der Waals surface area (Å²) in [6.45, 7) is 5.70. The van der Waals surface area contributed by atoms with Crippen molar-refractivity contribution in [1.29, 1.82) is 0 Å². The molecule has 2 aliphatic rings. The summed E-state index contributed by atoms with van der Waals surface area (Å²) in [4.78, 5) is 49.1. The first-order valence-electron chi connectivity index (χ1n) is 13.3. The number of nitrogens with two attached hydrogens (primary N) is 1. The van der Waals surface area contributed by atoms with E-state index in [4.69, 9.17) is 24.7 Å². The number of aliphatic hydroxyl groups is 3. The zero-order chi connectivity index (χ0) is 30.7. The molecule has 14 nitrogen and oxygen atoms in total. The quantitative estimate of drug-likeness (QED) is 0.105. The van der Waals surface area contributed by atoms with E-state index in [1.54, 1.807) is 33.8 Å². The van der Waals surface area contributed by atoms with Crippen LogP contribution in [0.5, 0.6) is 0 Å². The highest BCUT2D eigenvalue weighted by Crippen LogP contribution is 2.37. The largest absolute Gasteiger partial charge is 0.494 e. The lowest BCUT2D eigenvalue weighted by Crippen LogP contribution is -2.40. The van der Waals surface area contributed by atoms with E-state index in [2.05, 4.69) is 5.32 Å². The molecular weight excluding hydrogens is 542 g/mol. The molecule has 14 heteroatoms. The summed E-state index contributed by atoms with van der Waals surface area (Å²) in [5.41, 5.74) is 5.26. The van der Waals surface area contributed by atoms with Gasteiger partial charge in [-0.2, -0.15) is 0 Å². The maximum Gasteiger partial charge on any atom is 0.320 e. The van der Waals surface area contributed by atoms with E-state index in [9.17, 15) is 34.5 Å². The zero-order valence-electron chi connectivity index (χ0n) is 23.8. The number of urea groups is 1. The fourth-order valence-corrected chi connectivity index (χ4v) is 4.47. The lowest BCUT2D eigenvalue weighted by Gasteiger charge is -2.27. The molecule has 2 heterocycles. The standard InChI is InChI=1S/C27H41N3O11/c1-5-17(4)25(36)29-23(35)9-27(6-2)8-19(34)22(41-27)15-38-14-18(12-32)39-20-7-24(40-21(20)13-33)30(26(28)37)10-16(3)11-31/h5,10,12,14,19-22,24,31,33-34H,6-9,11,13,15H2,1-4H3,(H2,28,37)(H,29,35,36). The number of nitrogens with zero attached hydrogens (tertiary/aromatic N) is 1. The number of carbonyl (C=O) groups excluding carboxylic acids is 4. The topological polar surface area (TPSA) is 207 Å². The Morgan fingerprint density at radius 3 is 2.49 bits per heavy atom. The predicted octanol–water partition coefficient (Wildman–Crippen LogP) is 0.110. The van der Waals surface area contributed by atoms with Crippen molar-refractivity contribution < 1.29 is 53.4 Å². The number of carbonyl (C=O) groups is 4. The summed E-state index contributed by atoms with van der Waals surface area (Å²) in [6, 6.07) is -0.843. The van der Waals surface area contributed by atoms with Gasteiger partial charge in [0.1, 0.15) is 37.4 Å². The molecule has 230 valence electrons. The Morgan fingerprint density at radius 1 is 1.22 bits per heavy atom. The number of ether oxygens (including phenoxy) is 4. The van der Waals surface area contributed by atoms with E-state index in [0.717, 1.165) is 11.2 Å². The van der Waals surface area contributed by atoms with E-state index in [0.29, 0.717) is 23.9 Å². The number of primary amides is 1. The summed E-state index contributed by atoms with van der Waals surface area (Å²) < 4.78 is 22.8. The number of rotatable bonds is 14. The molecule has 2 aliphatic heterocycles. The number of aldehydes is 1. The van der Waals surface area contributed by atoms with E-state index in [1.165, 1.54) is 6.20 Å². The Labute approximate surface area is 238 Å². The highest BCUT2D eigenvalue weighted by molar-refractivity contribution is 6.04. The van der Waals surface area contributed by atoms with Crippen LogP contribution in [-0.4, -0.2) is 100 Å². The summed E-state index contributed by atoms with van der Waals surface area (Å²) in [6.07, 6.45) is 0.334. The van der Waals surface area contributed by atoms with Crippen LogP contribution in [0.25, 0.3) is 0 Å². The van der Waals surface area contributed by atoms with Crippen molar-refractivity contribution in [3.05, 3.63) is 35.4 Å². The fourth-order valence-electron chi connectivity index (χ4n) is 4.47. The average molecular weight is 584 g/mol. The Morgan fingerprint density at radius 2 is 1.93 bits per heavy atom. The van der Waals surface area contributed by atoms with Gasteiger partial charge in [-0.15, -0.1) is 0 Å². The average Bonchev–Trinajstić information content (AvgIpc) is 3.49. The lowest BCUT2D eigenvalue weighted by molar-refractivity contribution is -0.135. The van der Waals surface area contributed by atoms with E-state index in [-0.39, 0.29) is 38.2 Å². The van der Waals surface area contributed by atoms with Crippen molar-refractivity contribution in [2.24, 2.45) is 5.73 Å². The minimum absolute atomic E-state index is 0.0518. The summed E-state index contributed by atoms with van der Waals surface area (Å²) in [7, 11) is 0. The second kappa shape index (κ2) is 15.6. The fraction of sp³-hybridized carbons (Fsp3) is 0.630. The molecule has 2 saturated heterocycles. The Kier molecular flexibility index (Phi) is 12.9. The number of aliphatic hydroxyl groups excluding tert-OH is 3. The molecular formula is C27H41N3O11. The number of nitrogens with one attached hydrogen (secondary N) is 1. The molecule has 0 radical (unpaired) electrons. The first-order valence-corrected chi connectivity index (χ1v) is 13.3. The molecule has 0 saturated carbocycles. The maximum atomic E-state index is 12.4. The van der Waals surface area contributed by atoms with E-state index < -0.39 is 60.7 Å². The Hall–Kier alpha value is -3.30. The van der Waals surface area contributed by atoms with Crippen LogP contribution in [0.3, 0.4) is 0 Å². The second-order valence-electron chi connectivity index (χ2n) is 10.0. The monoisotopic (exact) mass is 583 g/mol. The van der Waals surface area contributed by atoms with Gasteiger partial charge in [0, 0.05) is 24.6 Å². The molecule has 4 amide bonds. The van der Waals surface area contributed by atoms with Crippen LogP contribution in [0.1, 0.15) is 53.4 Å². The molecule has 6 atom stereocenters. The van der Waals surface area contributed by atoms with Crippen LogP contribution in [-0.2, 0) is 33.3 Å². The summed E-state index contributed by atoms with van der Waals surface area (Å²) in [5.74, 6) is -1.28. The number of hydrogen-bond acceptors (Lipinski definition) is 11. The van der Waals surface area contributed by atoms with Gasteiger partial charge in [0.05, 0.1) is 31.3 Å². The second-order valence-corrected chi connectivity index (χ2v) is 10.0. The number of amides is 4. The Balaban J connectivity index is 2.00. The molecule has 0 spiro atoms. The van der Waals surface area contributed by atoms with Crippen molar-refractivity contribution in [3.8, 4) is 0 Å². The van der Waals surface area contributed by atoms with E-state index in [1.807, 2.05) is 0 Å². The van der Waals surface area contributed by atoms with Crippen molar-refractivity contribution in [1.82, 2.24) is 10.2 Å². The molecule has 0 aliphatic carbocycles. The molecule has 2 fully saturated rings. The highest BCUT2D eigenvalue weighted by Gasteiger charge is 2.46. The van der Waals surface area contributed by atoms with Crippen LogP contribution in [0, 0.1) is 0 Å². The number of imide groups is 1. The van der Waals surface area contributed by atoms with Gasteiger partial charge < -0.3 is 40.0 Å². The lowest BCUT2D eigenvalue weighted by atomic mass is 9.91. The predicted molar refractivity (Wildman–Crippen MR) is 143 cm³/mol. The number of allylic oxidation sites excluding steroid dienone is 2. The van der Waals surface area contributed by atoms with Crippen LogP contribution in [0.2, 0.25) is 0 Å². The van der Waals surface area contributed by atoms with Gasteiger partial charge in [-0.3, -0.25) is 24.6 Å². The van der Waals surface area contributed by atoms with Crippen LogP contribution >= 0.6 is 0 Å². The van der Waals surface area contributed by atoms with Crippen molar-refractivity contribution in [2.75, 3.05) is 19.8 Å². The molecule has 6 N–H and O–H groups in total. The van der Waals surface area contributed by atoms with Crippen LogP contribution in [0.15, 0.2) is 35.4 Å². The van der Waals surface area contributed by atoms with Gasteiger partial charge in [-0.05, 0) is 32.8 Å². The highest BCUT2D eigenvalue weighted by atomic mass is 16.6. The third kappa shape index (κ3) is 9.36. The van der Waals surface area contributed by atoms with Crippen molar-refractivity contribution in [3.63, 3.8) is 0 Å². The minimum atomic E-state index is -1.00. The molecule has 0 bridgehead atoms. The first kappa shape index (κ1) is 33.9. The molecule has 0 aromatic rings. The van der Waals surface area contributed by atoms with Gasteiger partial charge in [0.15, 0.2) is 12.0 Å². The molecule has 0 aromatic heterocycles. The molecule has 41 heavy (non-hydrogen) atoms. The van der Waals surface area contributed by atoms with Crippen molar-refractivity contribution in [2.45, 2.75) is 89.6 Å². The minimum Gasteiger partial charge on any atom is -0.494 e. The third-order valence-corrected chi connectivity index (χ3v) is 6.98. The van der Waals surface area contributed by atoms with Crippen LogP contribution in [0.4, 0.5) is 4.79 Å². The van der Waals surface area contributed by atoms with Gasteiger partial charge in [-0.1, -0.05) is 13.0 Å². The van der Waals surface area contributed by atoms with Gasteiger partial charge >= 0.3 is 6.03 Å². The first-order chi connectivity index (χ1) is 19.4. The third-order valence-electron chi connectivity index (χ3n) is 6.98. The summed E-state index contributed by atoms with van der Waals surface area (Å²) in [5, 5.41) is 31.9.